The molecule has 2 N–H and O–H groups in total. The molecule has 0 saturated carbocycles. The predicted molar refractivity (Wildman–Crippen MR) is 78.5 cm³/mol. The summed E-state index contributed by atoms with van der Waals surface area (Å²) >= 11 is 0. The molecule has 110 valence electrons. The summed E-state index contributed by atoms with van der Waals surface area (Å²) in [6.45, 7) is 5.85. The summed E-state index contributed by atoms with van der Waals surface area (Å²) in [4.78, 5) is 25.0. The van der Waals surface area contributed by atoms with Gasteiger partial charge in [0.05, 0.1) is 6.10 Å². The molecule has 2 amide bonds. The van der Waals surface area contributed by atoms with E-state index in [2.05, 4.69) is 5.32 Å². The van der Waals surface area contributed by atoms with E-state index in [9.17, 15) is 14.7 Å². The molecule has 20 heavy (non-hydrogen) atoms. The fraction of sp³-hybridized carbons (Fsp3) is 0.467. The van der Waals surface area contributed by atoms with Crippen molar-refractivity contribution in [2.24, 2.45) is 0 Å². The van der Waals surface area contributed by atoms with Crippen LogP contribution in [0.5, 0.6) is 0 Å². The van der Waals surface area contributed by atoms with Gasteiger partial charge in [0.15, 0.2) is 0 Å². The van der Waals surface area contributed by atoms with E-state index >= 15 is 0 Å². The van der Waals surface area contributed by atoms with Crippen LogP contribution in [0.4, 0.5) is 5.69 Å². The smallest absolute Gasteiger partial charge is 0.313 e. The number of aliphatic hydroxyl groups is 1. The van der Waals surface area contributed by atoms with Crippen LogP contribution in [0.15, 0.2) is 18.2 Å². The molecule has 1 unspecified atom stereocenters. The minimum absolute atomic E-state index is 0.344. The lowest BCUT2D eigenvalue weighted by Gasteiger charge is -2.17. The van der Waals surface area contributed by atoms with Gasteiger partial charge in [-0.3, -0.25) is 9.59 Å². The SMILES string of the molecule is Cc1cc(C)cc(NC(=O)C(=O)N(C)CCC(C)O)c1. The fourth-order valence-corrected chi connectivity index (χ4v) is 1.89. The molecule has 1 aromatic rings. The first-order valence-electron chi connectivity index (χ1n) is 6.62. The van der Waals surface area contributed by atoms with E-state index in [0.29, 0.717) is 18.7 Å². The monoisotopic (exact) mass is 278 g/mol. The lowest BCUT2D eigenvalue weighted by atomic mass is 10.1. The molecule has 0 bridgehead atoms. The number of nitrogens with zero attached hydrogens (tertiary/aromatic N) is 1. The third kappa shape index (κ3) is 5.01. The van der Waals surface area contributed by atoms with Gasteiger partial charge in [-0.1, -0.05) is 6.07 Å². The number of hydrogen-bond acceptors (Lipinski definition) is 3. The van der Waals surface area contributed by atoms with Gasteiger partial charge in [-0.05, 0) is 50.5 Å². The van der Waals surface area contributed by atoms with E-state index in [4.69, 9.17) is 0 Å². The molecule has 5 nitrogen and oxygen atoms in total. The van der Waals surface area contributed by atoms with Gasteiger partial charge in [0.25, 0.3) is 0 Å². The second-order valence-electron chi connectivity index (χ2n) is 5.19. The molecule has 0 aliphatic rings. The Labute approximate surface area is 119 Å². The van der Waals surface area contributed by atoms with Gasteiger partial charge in [0.2, 0.25) is 0 Å². The molecule has 0 aliphatic heterocycles. The Morgan fingerprint density at radius 3 is 2.30 bits per heavy atom. The van der Waals surface area contributed by atoms with Crippen molar-refractivity contribution < 1.29 is 14.7 Å². The highest BCUT2D eigenvalue weighted by Gasteiger charge is 2.19. The zero-order valence-corrected chi connectivity index (χ0v) is 12.4. The highest BCUT2D eigenvalue weighted by atomic mass is 16.3. The van der Waals surface area contributed by atoms with Crippen LogP contribution >= 0.6 is 0 Å². The highest BCUT2D eigenvalue weighted by Crippen LogP contribution is 2.13. The molecule has 1 aromatic carbocycles. The number of amides is 2. The first-order valence-corrected chi connectivity index (χ1v) is 6.62. The summed E-state index contributed by atoms with van der Waals surface area (Å²) in [5, 5.41) is 11.8. The van der Waals surface area contributed by atoms with Crippen molar-refractivity contribution in [3.63, 3.8) is 0 Å². The van der Waals surface area contributed by atoms with Crippen LogP contribution in [-0.4, -0.2) is 41.5 Å². The number of nitrogens with one attached hydrogen (secondary N) is 1. The van der Waals surface area contributed by atoms with Gasteiger partial charge in [-0.25, -0.2) is 0 Å². The van der Waals surface area contributed by atoms with Crippen molar-refractivity contribution in [3.05, 3.63) is 29.3 Å². The van der Waals surface area contributed by atoms with E-state index in [1.165, 1.54) is 4.90 Å². The van der Waals surface area contributed by atoms with Crippen LogP contribution in [0, 0.1) is 13.8 Å². The van der Waals surface area contributed by atoms with E-state index in [1.807, 2.05) is 32.0 Å². The molecule has 1 rings (SSSR count). The largest absolute Gasteiger partial charge is 0.393 e. The molecule has 1 atom stereocenters. The average Bonchev–Trinajstić information content (AvgIpc) is 2.33. The molecule has 5 heteroatoms. The van der Waals surface area contributed by atoms with Crippen LogP contribution in [0.3, 0.4) is 0 Å². The molecule has 0 radical (unpaired) electrons. The molecule has 0 aliphatic carbocycles. The molecule has 0 saturated heterocycles. The number of aliphatic hydroxyl groups excluding tert-OH is 1. The summed E-state index contributed by atoms with van der Waals surface area (Å²) < 4.78 is 0. The summed E-state index contributed by atoms with van der Waals surface area (Å²) in [6.07, 6.45) is -0.0493. The van der Waals surface area contributed by atoms with E-state index < -0.39 is 17.9 Å². The Morgan fingerprint density at radius 1 is 1.25 bits per heavy atom. The van der Waals surface area contributed by atoms with Gasteiger partial charge in [-0.15, -0.1) is 0 Å². The second-order valence-corrected chi connectivity index (χ2v) is 5.19. The van der Waals surface area contributed by atoms with Crippen molar-refractivity contribution >= 4 is 17.5 Å². The lowest BCUT2D eigenvalue weighted by molar-refractivity contribution is -0.142. The standard InChI is InChI=1S/C15H22N2O3/c1-10-7-11(2)9-13(8-10)16-14(19)15(20)17(4)6-5-12(3)18/h7-9,12,18H,5-6H2,1-4H3,(H,16,19). The molecular weight excluding hydrogens is 256 g/mol. The van der Waals surface area contributed by atoms with Crippen molar-refractivity contribution in [1.82, 2.24) is 4.90 Å². The Balaban J connectivity index is 2.63. The first kappa shape index (κ1) is 16.2. The van der Waals surface area contributed by atoms with Crippen LogP contribution < -0.4 is 5.32 Å². The van der Waals surface area contributed by atoms with Gasteiger partial charge in [0.1, 0.15) is 0 Å². The fourth-order valence-electron chi connectivity index (χ4n) is 1.89. The highest BCUT2D eigenvalue weighted by molar-refractivity contribution is 6.39. The van der Waals surface area contributed by atoms with Crippen molar-refractivity contribution in [3.8, 4) is 0 Å². The number of hydrogen-bond donors (Lipinski definition) is 2. The van der Waals surface area contributed by atoms with Crippen LogP contribution in [0.2, 0.25) is 0 Å². The number of rotatable bonds is 4. The Kier molecular flexibility index (Phi) is 5.70. The van der Waals surface area contributed by atoms with Gasteiger partial charge in [-0.2, -0.15) is 0 Å². The third-order valence-corrected chi connectivity index (χ3v) is 2.90. The Hall–Kier alpha value is -1.88. The summed E-state index contributed by atoms with van der Waals surface area (Å²) in [5.41, 5.74) is 2.66. The Morgan fingerprint density at radius 2 is 1.80 bits per heavy atom. The Bertz CT molecular complexity index is 478. The number of carbonyl (C=O) groups excluding carboxylic acids is 2. The van der Waals surface area contributed by atoms with E-state index in [-0.39, 0.29) is 0 Å². The zero-order valence-electron chi connectivity index (χ0n) is 12.4. The summed E-state index contributed by atoms with van der Waals surface area (Å²) in [6, 6.07) is 5.62. The minimum atomic E-state index is -0.664. The summed E-state index contributed by atoms with van der Waals surface area (Å²) in [5.74, 6) is -1.27. The maximum absolute atomic E-state index is 11.9. The van der Waals surface area contributed by atoms with Crippen LogP contribution in [0.25, 0.3) is 0 Å². The quantitative estimate of drug-likeness (QED) is 0.819. The normalized spacial score (nSPS) is 11.8. The molecular formula is C15H22N2O3. The van der Waals surface area contributed by atoms with Crippen molar-refractivity contribution in [1.29, 1.82) is 0 Å². The maximum Gasteiger partial charge on any atom is 0.313 e. The van der Waals surface area contributed by atoms with E-state index in [1.54, 1.807) is 14.0 Å². The second kappa shape index (κ2) is 7.05. The third-order valence-electron chi connectivity index (χ3n) is 2.90. The number of carbonyl (C=O) groups is 2. The first-order chi connectivity index (χ1) is 9.29. The zero-order chi connectivity index (χ0) is 15.3. The number of benzene rings is 1. The van der Waals surface area contributed by atoms with Crippen molar-refractivity contribution in [2.45, 2.75) is 33.3 Å². The molecule has 0 aromatic heterocycles. The molecule has 0 fully saturated rings. The number of likely N-dealkylation sites (N-methyl/N-ethyl adjacent to an activating group) is 1. The van der Waals surface area contributed by atoms with Crippen LogP contribution in [-0.2, 0) is 9.59 Å². The average molecular weight is 278 g/mol. The predicted octanol–water partition coefficient (Wildman–Crippen LogP) is 1.47. The van der Waals surface area contributed by atoms with E-state index in [0.717, 1.165) is 11.1 Å². The number of aryl methyl sites for hydroxylation is 2. The lowest BCUT2D eigenvalue weighted by Crippen LogP contribution is -2.38. The van der Waals surface area contributed by atoms with Gasteiger partial charge in [0, 0.05) is 19.3 Å². The number of anilines is 1. The topological polar surface area (TPSA) is 69.6 Å². The maximum atomic E-state index is 11.9. The summed E-state index contributed by atoms with van der Waals surface area (Å²) in [7, 11) is 1.55. The minimum Gasteiger partial charge on any atom is -0.393 e. The van der Waals surface area contributed by atoms with Crippen molar-refractivity contribution in [2.75, 3.05) is 18.9 Å². The van der Waals surface area contributed by atoms with Crippen LogP contribution in [0.1, 0.15) is 24.5 Å². The van der Waals surface area contributed by atoms with Gasteiger partial charge >= 0.3 is 11.8 Å². The molecule has 0 spiro atoms. The van der Waals surface area contributed by atoms with Gasteiger partial charge < -0.3 is 15.3 Å². The molecule has 0 heterocycles.